The first kappa shape index (κ1) is 14.3. The number of alkyl carbamates (subject to hydrolysis) is 1. The third-order valence-electron chi connectivity index (χ3n) is 2.91. The molecule has 1 heterocycles. The van der Waals surface area contributed by atoms with Gasteiger partial charge in [-0.05, 0) is 45.6 Å². The number of hydrogen-bond donors (Lipinski definition) is 3. The molecule has 17 heavy (non-hydrogen) atoms. The minimum absolute atomic E-state index is 0.160. The van der Waals surface area contributed by atoms with Crippen molar-refractivity contribution in [3.8, 4) is 0 Å². The molecule has 5 nitrogen and oxygen atoms in total. The first-order valence-corrected chi connectivity index (χ1v) is 6.21. The van der Waals surface area contributed by atoms with Gasteiger partial charge in [-0.1, -0.05) is 0 Å². The van der Waals surface area contributed by atoms with Gasteiger partial charge < -0.3 is 20.5 Å². The molecule has 1 aliphatic heterocycles. The summed E-state index contributed by atoms with van der Waals surface area (Å²) in [7, 11) is 0. The maximum atomic E-state index is 11.5. The van der Waals surface area contributed by atoms with Crippen LogP contribution in [0.3, 0.4) is 0 Å². The van der Waals surface area contributed by atoms with Crippen LogP contribution in [0, 0.1) is 11.8 Å². The summed E-state index contributed by atoms with van der Waals surface area (Å²) in [5, 5.41) is 15.2. The number of amides is 1. The van der Waals surface area contributed by atoms with Crippen molar-refractivity contribution in [2.45, 2.75) is 32.8 Å². The van der Waals surface area contributed by atoms with E-state index in [0.29, 0.717) is 12.5 Å². The third-order valence-corrected chi connectivity index (χ3v) is 2.91. The molecule has 0 radical (unpaired) electrons. The van der Waals surface area contributed by atoms with Gasteiger partial charge in [0.05, 0.1) is 0 Å². The number of aliphatic hydroxyl groups excluding tert-OH is 1. The lowest BCUT2D eigenvalue weighted by Gasteiger charge is -2.31. The highest BCUT2D eigenvalue weighted by Crippen LogP contribution is 2.18. The van der Waals surface area contributed by atoms with E-state index in [9.17, 15) is 9.90 Å². The molecule has 0 bridgehead atoms. The van der Waals surface area contributed by atoms with Crippen molar-refractivity contribution >= 4 is 6.09 Å². The first-order valence-electron chi connectivity index (χ1n) is 6.21. The predicted molar refractivity (Wildman–Crippen MR) is 65.8 cm³/mol. The van der Waals surface area contributed by atoms with Crippen molar-refractivity contribution in [2.24, 2.45) is 11.8 Å². The van der Waals surface area contributed by atoms with Crippen LogP contribution < -0.4 is 10.6 Å². The Hall–Kier alpha value is -0.810. The Morgan fingerprint density at radius 1 is 1.47 bits per heavy atom. The monoisotopic (exact) mass is 244 g/mol. The summed E-state index contributed by atoms with van der Waals surface area (Å²) in [5.41, 5.74) is -0.464. The Morgan fingerprint density at radius 3 is 2.76 bits per heavy atom. The van der Waals surface area contributed by atoms with Crippen molar-refractivity contribution in [1.29, 1.82) is 0 Å². The molecule has 0 aromatic rings. The molecule has 0 spiro atoms. The Balaban J connectivity index is 2.31. The Morgan fingerprint density at radius 2 is 2.18 bits per heavy atom. The number of piperidine rings is 1. The molecule has 0 aliphatic carbocycles. The van der Waals surface area contributed by atoms with Gasteiger partial charge in [-0.25, -0.2) is 4.79 Å². The number of rotatable bonds is 3. The predicted octanol–water partition coefficient (Wildman–Crippen LogP) is 0.729. The molecule has 0 saturated carbocycles. The minimum Gasteiger partial charge on any atom is -0.444 e. The zero-order valence-corrected chi connectivity index (χ0v) is 11.0. The van der Waals surface area contributed by atoms with Crippen LogP contribution in [0.2, 0.25) is 0 Å². The zero-order valence-electron chi connectivity index (χ0n) is 11.0. The van der Waals surface area contributed by atoms with Crippen molar-refractivity contribution in [3.63, 3.8) is 0 Å². The smallest absolute Gasteiger partial charge is 0.407 e. The zero-order chi connectivity index (χ0) is 12.9. The number of aliphatic hydroxyl groups is 1. The molecule has 2 atom stereocenters. The lowest BCUT2D eigenvalue weighted by atomic mass is 9.87. The van der Waals surface area contributed by atoms with Crippen LogP contribution in [0.25, 0.3) is 0 Å². The molecule has 1 rings (SSSR count). The van der Waals surface area contributed by atoms with E-state index in [1.807, 2.05) is 20.8 Å². The Kier molecular flexibility index (Phi) is 5.21. The van der Waals surface area contributed by atoms with Crippen LogP contribution in [-0.4, -0.2) is 43.0 Å². The summed E-state index contributed by atoms with van der Waals surface area (Å²) in [6, 6.07) is 0. The van der Waals surface area contributed by atoms with Gasteiger partial charge in [0.2, 0.25) is 0 Å². The fraction of sp³-hybridized carbons (Fsp3) is 0.917. The molecule has 0 aromatic heterocycles. The van der Waals surface area contributed by atoms with Gasteiger partial charge in [-0.3, -0.25) is 0 Å². The standard InChI is InChI=1S/C12H24N2O3/c1-12(2,3)17-11(16)14-7-9-4-5-13-6-10(9)8-15/h9-10,13,15H,4-8H2,1-3H3,(H,14,16)/t9-,10-/m0/s1. The van der Waals surface area contributed by atoms with Crippen LogP contribution in [-0.2, 0) is 4.74 Å². The van der Waals surface area contributed by atoms with E-state index in [1.165, 1.54) is 0 Å². The summed E-state index contributed by atoms with van der Waals surface area (Å²) in [5.74, 6) is 0.549. The molecule has 100 valence electrons. The highest BCUT2D eigenvalue weighted by Gasteiger charge is 2.25. The van der Waals surface area contributed by atoms with Crippen molar-refractivity contribution in [1.82, 2.24) is 10.6 Å². The van der Waals surface area contributed by atoms with Crippen LogP contribution in [0.15, 0.2) is 0 Å². The van der Waals surface area contributed by atoms with Crippen molar-refractivity contribution in [2.75, 3.05) is 26.2 Å². The Labute approximate surface area is 103 Å². The average Bonchev–Trinajstić information content (AvgIpc) is 2.24. The van der Waals surface area contributed by atoms with Gasteiger partial charge >= 0.3 is 6.09 Å². The van der Waals surface area contributed by atoms with Crippen LogP contribution in [0.5, 0.6) is 0 Å². The lowest BCUT2D eigenvalue weighted by Crippen LogP contribution is -2.44. The second-order valence-electron chi connectivity index (χ2n) is 5.58. The van der Waals surface area contributed by atoms with E-state index < -0.39 is 5.60 Å². The van der Waals surface area contributed by atoms with E-state index >= 15 is 0 Å². The number of ether oxygens (including phenoxy) is 1. The van der Waals surface area contributed by atoms with Gasteiger partial charge in [0.15, 0.2) is 0 Å². The molecule has 0 unspecified atom stereocenters. The van der Waals surface area contributed by atoms with E-state index in [-0.39, 0.29) is 18.6 Å². The fourth-order valence-electron chi connectivity index (χ4n) is 1.99. The van der Waals surface area contributed by atoms with Gasteiger partial charge in [-0.15, -0.1) is 0 Å². The van der Waals surface area contributed by atoms with Crippen LogP contribution >= 0.6 is 0 Å². The SMILES string of the molecule is CC(C)(C)OC(=O)NC[C@@H]1CCNC[C@H]1CO. The summed E-state index contributed by atoms with van der Waals surface area (Å²) < 4.78 is 5.17. The van der Waals surface area contributed by atoms with E-state index in [1.54, 1.807) is 0 Å². The van der Waals surface area contributed by atoms with E-state index in [4.69, 9.17) is 4.74 Å². The van der Waals surface area contributed by atoms with Gasteiger partial charge in [0.25, 0.3) is 0 Å². The highest BCUT2D eigenvalue weighted by molar-refractivity contribution is 5.67. The lowest BCUT2D eigenvalue weighted by molar-refractivity contribution is 0.0497. The van der Waals surface area contributed by atoms with Crippen molar-refractivity contribution in [3.05, 3.63) is 0 Å². The maximum absolute atomic E-state index is 11.5. The Bertz CT molecular complexity index is 251. The van der Waals surface area contributed by atoms with E-state index in [0.717, 1.165) is 19.5 Å². The number of carbonyl (C=O) groups excluding carboxylic acids is 1. The molecular weight excluding hydrogens is 220 g/mol. The first-order chi connectivity index (χ1) is 7.92. The fourth-order valence-corrected chi connectivity index (χ4v) is 1.99. The average molecular weight is 244 g/mol. The topological polar surface area (TPSA) is 70.6 Å². The quantitative estimate of drug-likeness (QED) is 0.684. The molecule has 1 amide bonds. The molecule has 1 fully saturated rings. The summed E-state index contributed by atoms with van der Waals surface area (Å²) in [6.45, 7) is 8.01. The molecule has 1 saturated heterocycles. The second kappa shape index (κ2) is 6.21. The van der Waals surface area contributed by atoms with Crippen LogP contribution in [0.1, 0.15) is 27.2 Å². The number of nitrogens with one attached hydrogen (secondary N) is 2. The molecular formula is C12H24N2O3. The maximum Gasteiger partial charge on any atom is 0.407 e. The second-order valence-corrected chi connectivity index (χ2v) is 5.58. The normalized spacial score (nSPS) is 25.4. The highest BCUT2D eigenvalue weighted by atomic mass is 16.6. The third kappa shape index (κ3) is 5.37. The van der Waals surface area contributed by atoms with E-state index in [2.05, 4.69) is 10.6 Å². The number of carbonyl (C=O) groups is 1. The molecule has 3 N–H and O–H groups in total. The number of hydrogen-bond acceptors (Lipinski definition) is 4. The van der Waals surface area contributed by atoms with Crippen LogP contribution in [0.4, 0.5) is 4.79 Å². The van der Waals surface area contributed by atoms with Gasteiger partial charge in [0, 0.05) is 19.7 Å². The van der Waals surface area contributed by atoms with Crippen molar-refractivity contribution < 1.29 is 14.6 Å². The molecule has 1 aliphatic rings. The summed E-state index contributed by atoms with van der Waals surface area (Å²) in [6.07, 6.45) is 0.592. The van der Waals surface area contributed by atoms with Gasteiger partial charge in [-0.2, -0.15) is 0 Å². The van der Waals surface area contributed by atoms with Gasteiger partial charge in [0.1, 0.15) is 5.60 Å². The molecule has 0 aromatic carbocycles. The minimum atomic E-state index is -0.464. The summed E-state index contributed by atoms with van der Waals surface area (Å²) in [4.78, 5) is 11.5. The summed E-state index contributed by atoms with van der Waals surface area (Å²) >= 11 is 0. The molecule has 5 heteroatoms. The largest absolute Gasteiger partial charge is 0.444 e.